The molecule has 2 rings (SSSR count). The van der Waals surface area contributed by atoms with Crippen LogP contribution in [-0.2, 0) is 5.75 Å². The van der Waals surface area contributed by atoms with E-state index in [1.807, 2.05) is 24.3 Å². The van der Waals surface area contributed by atoms with Crippen LogP contribution in [-0.4, -0.2) is 15.9 Å². The molecule has 0 amide bonds. The molecule has 16 heavy (non-hydrogen) atoms. The zero-order valence-electron chi connectivity index (χ0n) is 8.81. The van der Waals surface area contributed by atoms with Gasteiger partial charge in [0.25, 0.3) is 0 Å². The number of halogens is 1. The molecule has 0 radical (unpaired) electrons. The summed E-state index contributed by atoms with van der Waals surface area (Å²) >= 11 is 4.05. The summed E-state index contributed by atoms with van der Waals surface area (Å²) in [5, 5.41) is 3.97. The van der Waals surface area contributed by atoms with Gasteiger partial charge in [0.05, 0.1) is 5.75 Å². The van der Waals surface area contributed by atoms with Gasteiger partial charge in [0.1, 0.15) is 0 Å². The molecule has 0 spiro atoms. The molecule has 0 unspecified atom stereocenters. The lowest BCUT2D eigenvalue weighted by Crippen LogP contribution is -1.83. The molecule has 3 nitrogen and oxygen atoms in total. The first-order chi connectivity index (χ1) is 7.79. The molecule has 0 saturated heterocycles. The minimum Gasteiger partial charge on any atom is -0.338 e. The van der Waals surface area contributed by atoms with E-state index in [1.54, 1.807) is 11.8 Å². The van der Waals surface area contributed by atoms with Crippen molar-refractivity contribution < 1.29 is 4.52 Å². The summed E-state index contributed by atoms with van der Waals surface area (Å²) in [5.41, 5.74) is 0.997. The molecule has 0 atom stereocenters. The Morgan fingerprint density at radius 1 is 1.31 bits per heavy atom. The van der Waals surface area contributed by atoms with Crippen LogP contribution in [0, 0.1) is 3.57 Å². The Bertz CT molecular complexity index is 455. The fourth-order valence-electron chi connectivity index (χ4n) is 1.22. The third-order valence-corrected chi connectivity index (χ3v) is 3.58. The molecular weight excluding hydrogens is 335 g/mol. The van der Waals surface area contributed by atoms with E-state index in [1.165, 1.54) is 3.57 Å². The van der Waals surface area contributed by atoms with E-state index in [4.69, 9.17) is 4.52 Å². The van der Waals surface area contributed by atoms with Gasteiger partial charge in [0, 0.05) is 9.13 Å². The Morgan fingerprint density at radius 2 is 2.06 bits per heavy atom. The van der Waals surface area contributed by atoms with Crippen LogP contribution in [0.15, 0.2) is 28.8 Å². The molecule has 0 N–H and O–H groups in total. The van der Waals surface area contributed by atoms with E-state index >= 15 is 0 Å². The van der Waals surface area contributed by atoms with Gasteiger partial charge in [-0.3, -0.25) is 0 Å². The van der Waals surface area contributed by atoms with Gasteiger partial charge in [0.2, 0.25) is 11.7 Å². The van der Waals surface area contributed by atoms with E-state index < -0.39 is 0 Å². The van der Waals surface area contributed by atoms with Crippen LogP contribution < -0.4 is 0 Å². The summed E-state index contributed by atoms with van der Waals surface area (Å²) in [7, 11) is 0. The highest BCUT2D eigenvalue weighted by Crippen LogP contribution is 2.18. The van der Waals surface area contributed by atoms with Crippen molar-refractivity contribution in [1.82, 2.24) is 10.1 Å². The van der Waals surface area contributed by atoms with Crippen LogP contribution in [0.5, 0.6) is 0 Å². The molecule has 0 saturated carbocycles. The highest BCUT2D eigenvalue weighted by Gasteiger charge is 2.07. The maximum Gasteiger partial charge on any atom is 0.236 e. The molecule has 0 fully saturated rings. The molecule has 2 aromatic rings. The first-order valence-corrected chi connectivity index (χ1v) is 7.19. The molecule has 0 aliphatic rings. The zero-order chi connectivity index (χ0) is 11.4. The Kier molecular flexibility index (Phi) is 4.22. The minimum atomic E-state index is 0.670. The number of hydrogen-bond acceptors (Lipinski definition) is 4. The van der Waals surface area contributed by atoms with Crippen molar-refractivity contribution in [2.45, 2.75) is 12.7 Å². The number of aromatic nitrogens is 2. The van der Waals surface area contributed by atoms with Crippen molar-refractivity contribution >= 4 is 34.4 Å². The fraction of sp³-hybridized carbons (Fsp3) is 0.273. The van der Waals surface area contributed by atoms with Crippen LogP contribution in [0.3, 0.4) is 0 Å². The van der Waals surface area contributed by atoms with Crippen molar-refractivity contribution in [3.8, 4) is 11.4 Å². The minimum absolute atomic E-state index is 0.670. The van der Waals surface area contributed by atoms with Crippen LogP contribution >= 0.6 is 34.4 Å². The number of benzene rings is 1. The smallest absolute Gasteiger partial charge is 0.236 e. The molecule has 0 bridgehead atoms. The van der Waals surface area contributed by atoms with Gasteiger partial charge in [-0.25, -0.2) is 0 Å². The lowest BCUT2D eigenvalue weighted by atomic mass is 10.2. The lowest BCUT2D eigenvalue weighted by molar-refractivity contribution is 0.391. The summed E-state index contributed by atoms with van der Waals surface area (Å²) in [6.07, 6.45) is 0. The molecule has 0 aliphatic heterocycles. The van der Waals surface area contributed by atoms with E-state index in [-0.39, 0.29) is 0 Å². The Morgan fingerprint density at radius 3 is 2.75 bits per heavy atom. The van der Waals surface area contributed by atoms with E-state index in [9.17, 15) is 0 Å². The first kappa shape index (κ1) is 11.9. The van der Waals surface area contributed by atoms with Crippen molar-refractivity contribution in [2.75, 3.05) is 5.75 Å². The van der Waals surface area contributed by atoms with Gasteiger partial charge in [-0.15, -0.1) is 0 Å². The molecule has 84 valence electrons. The predicted molar refractivity (Wildman–Crippen MR) is 74.3 cm³/mol. The topological polar surface area (TPSA) is 38.9 Å². The summed E-state index contributed by atoms with van der Waals surface area (Å²) < 4.78 is 6.37. The second-order valence-electron chi connectivity index (χ2n) is 3.16. The van der Waals surface area contributed by atoms with Crippen LogP contribution in [0.2, 0.25) is 0 Å². The predicted octanol–water partition coefficient (Wildman–Crippen LogP) is 3.59. The summed E-state index contributed by atoms with van der Waals surface area (Å²) in [5.74, 6) is 3.21. The number of nitrogens with zero attached hydrogens (tertiary/aromatic N) is 2. The number of rotatable bonds is 4. The van der Waals surface area contributed by atoms with E-state index in [0.29, 0.717) is 11.7 Å². The second-order valence-corrected chi connectivity index (χ2v) is 5.68. The number of hydrogen-bond donors (Lipinski definition) is 0. The van der Waals surface area contributed by atoms with Gasteiger partial charge >= 0.3 is 0 Å². The van der Waals surface area contributed by atoms with Crippen molar-refractivity contribution in [2.24, 2.45) is 0 Å². The second kappa shape index (κ2) is 5.67. The van der Waals surface area contributed by atoms with Gasteiger partial charge in [0.15, 0.2) is 0 Å². The largest absolute Gasteiger partial charge is 0.338 e. The lowest BCUT2D eigenvalue weighted by Gasteiger charge is -1.93. The van der Waals surface area contributed by atoms with Gasteiger partial charge in [-0.2, -0.15) is 16.7 Å². The molecule has 0 aliphatic carbocycles. The third kappa shape index (κ3) is 2.98. The molecule has 5 heteroatoms. The van der Waals surface area contributed by atoms with Crippen molar-refractivity contribution in [3.63, 3.8) is 0 Å². The van der Waals surface area contributed by atoms with Crippen LogP contribution in [0.4, 0.5) is 0 Å². The van der Waals surface area contributed by atoms with E-state index in [2.05, 4.69) is 39.7 Å². The summed E-state index contributed by atoms with van der Waals surface area (Å²) in [4.78, 5) is 4.35. The van der Waals surface area contributed by atoms with Gasteiger partial charge in [-0.1, -0.05) is 24.2 Å². The Hall–Kier alpha value is -0.560. The number of thioether (sulfide) groups is 1. The molecule has 1 aromatic heterocycles. The van der Waals surface area contributed by atoms with Gasteiger partial charge < -0.3 is 4.52 Å². The standard InChI is InChI=1S/C11H11IN2OS/c1-2-16-7-10-13-11(14-15-10)8-3-5-9(12)6-4-8/h3-6H,2,7H2,1H3. The summed E-state index contributed by atoms with van der Waals surface area (Å²) in [6, 6.07) is 8.08. The fourth-order valence-corrected chi connectivity index (χ4v) is 2.07. The van der Waals surface area contributed by atoms with Gasteiger partial charge in [-0.05, 0) is 40.5 Å². The normalized spacial score (nSPS) is 10.6. The average Bonchev–Trinajstić information content (AvgIpc) is 2.76. The Balaban J connectivity index is 2.15. The highest BCUT2D eigenvalue weighted by molar-refractivity contribution is 14.1. The molecule has 1 heterocycles. The highest BCUT2D eigenvalue weighted by atomic mass is 127. The van der Waals surface area contributed by atoms with Crippen LogP contribution in [0.25, 0.3) is 11.4 Å². The van der Waals surface area contributed by atoms with E-state index in [0.717, 1.165) is 17.1 Å². The van der Waals surface area contributed by atoms with Crippen LogP contribution in [0.1, 0.15) is 12.8 Å². The monoisotopic (exact) mass is 346 g/mol. The van der Waals surface area contributed by atoms with Crippen molar-refractivity contribution in [3.05, 3.63) is 33.7 Å². The molecular formula is C11H11IN2OS. The maximum atomic E-state index is 5.17. The molecule has 1 aromatic carbocycles. The third-order valence-electron chi connectivity index (χ3n) is 2.00. The quantitative estimate of drug-likeness (QED) is 0.793. The average molecular weight is 346 g/mol. The summed E-state index contributed by atoms with van der Waals surface area (Å²) in [6.45, 7) is 2.11. The SMILES string of the molecule is CCSCc1nc(-c2ccc(I)cc2)no1. The maximum absolute atomic E-state index is 5.17. The zero-order valence-corrected chi connectivity index (χ0v) is 11.8. The van der Waals surface area contributed by atoms with Crippen molar-refractivity contribution in [1.29, 1.82) is 0 Å². The first-order valence-electron chi connectivity index (χ1n) is 4.96. The Labute approximate surface area is 112 Å².